The standard InChI is InChI=1S/C17H18N2/c1-2-15(13-9-5-3-6-10-13)17(19)16(18)14-11-7-4-8-12-14/h3-12,15,18-19H,2H2,1H3. The van der Waals surface area contributed by atoms with Gasteiger partial charge in [0, 0.05) is 11.5 Å². The molecule has 96 valence electrons. The molecule has 2 heteroatoms. The fourth-order valence-electron chi connectivity index (χ4n) is 2.23. The highest BCUT2D eigenvalue weighted by Crippen LogP contribution is 2.22. The van der Waals surface area contributed by atoms with Crippen LogP contribution >= 0.6 is 0 Å². The predicted molar refractivity (Wildman–Crippen MR) is 80.5 cm³/mol. The van der Waals surface area contributed by atoms with Crippen LogP contribution in [0.15, 0.2) is 60.7 Å². The van der Waals surface area contributed by atoms with Crippen LogP contribution in [0.5, 0.6) is 0 Å². The lowest BCUT2D eigenvalue weighted by molar-refractivity contribution is 0.845. The van der Waals surface area contributed by atoms with Gasteiger partial charge in [0.15, 0.2) is 0 Å². The molecular weight excluding hydrogens is 232 g/mol. The van der Waals surface area contributed by atoms with E-state index >= 15 is 0 Å². The van der Waals surface area contributed by atoms with E-state index in [4.69, 9.17) is 10.8 Å². The van der Waals surface area contributed by atoms with Crippen LogP contribution in [-0.4, -0.2) is 11.4 Å². The third-order valence-corrected chi connectivity index (χ3v) is 3.29. The summed E-state index contributed by atoms with van der Waals surface area (Å²) in [7, 11) is 0. The normalized spacial score (nSPS) is 11.8. The van der Waals surface area contributed by atoms with Gasteiger partial charge in [-0.2, -0.15) is 0 Å². The molecular formula is C17H18N2. The Labute approximate surface area is 114 Å². The molecule has 19 heavy (non-hydrogen) atoms. The van der Waals surface area contributed by atoms with E-state index in [1.54, 1.807) is 0 Å². The van der Waals surface area contributed by atoms with Gasteiger partial charge in [-0.05, 0) is 12.0 Å². The van der Waals surface area contributed by atoms with Crippen molar-refractivity contribution in [3.63, 3.8) is 0 Å². The molecule has 0 aliphatic heterocycles. The molecule has 1 atom stereocenters. The summed E-state index contributed by atoms with van der Waals surface area (Å²) in [5, 5.41) is 16.5. The molecule has 0 aliphatic carbocycles. The number of hydrogen-bond acceptors (Lipinski definition) is 2. The molecule has 0 saturated heterocycles. The van der Waals surface area contributed by atoms with Crippen molar-refractivity contribution in [1.29, 1.82) is 10.8 Å². The van der Waals surface area contributed by atoms with Crippen LogP contribution in [0.1, 0.15) is 30.4 Å². The second kappa shape index (κ2) is 6.10. The molecule has 0 bridgehead atoms. The van der Waals surface area contributed by atoms with Gasteiger partial charge in [0.1, 0.15) is 0 Å². The Morgan fingerprint density at radius 2 is 1.42 bits per heavy atom. The van der Waals surface area contributed by atoms with E-state index in [0.29, 0.717) is 11.4 Å². The smallest absolute Gasteiger partial charge is 0.0826 e. The van der Waals surface area contributed by atoms with Gasteiger partial charge in [-0.1, -0.05) is 67.6 Å². The first-order valence-electron chi connectivity index (χ1n) is 6.51. The van der Waals surface area contributed by atoms with Crippen LogP contribution in [0, 0.1) is 10.8 Å². The number of benzene rings is 2. The minimum absolute atomic E-state index is 0.00564. The first-order chi connectivity index (χ1) is 9.24. The van der Waals surface area contributed by atoms with Crippen LogP contribution in [-0.2, 0) is 0 Å². The lowest BCUT2D eigenvalue weighted by Gasteiger charge is -2.17. The van der Waals surface area contributed by atoms with Gasteiger partial charge in [-0.15, -0.1) is 0 Å². The molecule has 0 fully saturated rings. The summed E-state index contributed by atoms with van der Waals surface area (Å²) in [4.78, 5) is 0. The number of nitrogens with one attached hydrogen (secondary N) is 2. The van der Waals surface area contributed by atoms with E-state index < -0.39 is 0 Å². The van der Waals surface area contributed by atoms with Crippen LogP contribution in [0.4, 0.5) is 0 Å². The molecule has 0 amide bonds. The quantitative estimate of drug-likeness (QED) is 0.745. The second-order valence-electron chi connectivity index (χ2n) is 4.53. The van der Waals surface area contributed by atoms with Crippen molar-refractivity contribution in [2.24, 2.45) is 0 Å². The zero-order chi connectivity index (χ0) is 13.7. The monoisotopic (exact) mass is 250 g/mol. The van der Waals surface area contributed by atoms with Crippen molar-refractivity contribution in [3.05, 3.63) is 71.8 Å². The average Bonchev–Trinajstić information content (AvgIpc) is 2.49. The molecule has 0 saturated carbocycles. The Morgan fingerprint density at radius 3 is 1.95 bits per heavy atom. The second-order valence-corrected chi connectivity index (χ2v) is 4.53. The topological polar surface area (TPSA) is 47.7 Å². The van der Waals surface area contributed by atoms with Crippen molar-refractivity contribution >= 4 is 11.4 Å². The van der Waals surface area contributed by atoms with Crippen molar-refractivity contribution in [3.8, 4) is 0 Å². The highest BCUT2D eigenvalue weighted by molar-refractivity contribution is 6.47. The summed E-state index contributed by atoms with van der Waals surface area (Å²) in [6.07, 6.45) is 0.831. The maximum absolute atomic E-state index is 8.30. The molecule has 2 aromatic rings. The van der Waals surface area contributed by atoms with Gasteiger partial charge < -0.3 is 5.41 Å². The van der Waals surface area contributed by atoms with Crippen LogP contribution in [0.25, 0.3) is 0 Å². The van der Waals surface area contributed by atoms with Crippen LogP contribution in [0.2, 0.25) is 0 Å². The zero-order valence-electron chi connectivity index (χ0n) is 11.1. The first-order valence-corrected chi connectivity index (χ1v) is 6.51. The van der Waals surface area contributed by atoms with Gasteiger partial charge in [-0.25, -0.2) is 0 Å². The van der Waals surface area contributed by atoms with E-state index in [9.17, 15) is 0 Å². The number of hydrogen-bond donors (Lipinski definition) is 2. The minimum atomic E-state index is -0.00564. The van der Waals surface area contributed by atoms with Gasteiger partial charge >= 0.3 is 0 Å². The summed E-state index contributed by atoms with van der Waals surface area (Å²) in [5.41, 5.74) is 2.62. The van der Waals surface area contributed by atoms with Crippen molar-refractivity contribution in [2.45, 2.75) is 19.3 Å². The molecule has 2 nitrogen and oxygen atoms in total. The largest absolute Gasteiger partial charge is 0.302 e. The van der Waals surface area contributed by atoms with Crippen molar-refractivity contribution in [2.75, 3.05) is 0 Å². The lowest BCUT2D eigenvalue weighted by Crippen LogP contribution is -2.21. The summed E-state index contributed by atoms with van der Waals surface area (Å²) < 4.78 is 0. The van der Waals surface area contributed by atoms with Gasteiger partial charge in [-0.3, -0.25) is 5.41 Å². The molecule has 2 aromatic carbocycles. The third-order valence-electron chi connectivity index (χ3n) is 3.29. The molecule has 2 rings (SSSR count). The Hall–Kier alpha value is -2.22. The molecule has 0 spiro atoms. The molecule has 0 radical (unpaired) electrons. The summed E-state index contributed by atoms with van der Waals surface area (Å²) in [6.45, 7) is 2.06. The molecule has 0 aromatic heterocycles. The zero-order valence-corrected chi connectivity index (χ0v) is 11.1. The Bertz CT molecular complexity index is 558. The van der Waals surface area contributed by atoms with Crippen molar-refractivity contribution < 1.29 is 0 Å². The fourth-order valence-corrected chi connectivity index (χ4v) is 2.23. The van der Waals surface area contributed by atoms with E-state index in [2.05, 4.69) is 6.92 Å². The molecule has 0 heterocycles. The van der Waals surface area contributed by atoms with Crippen LogP contribution in [0.3, 0.4) is 0 Å². The average molecular weight is 250 g/mol. The van der Waals surface area contributed by atoms with E-state index in [1.807, 2.05) is 60.7 Å². The highest BCUT2D eigenvalue weighted by atomic mass is 14.5. The van der Waals surface area contributed by atoms with Gasteiger partial charge in [0.05, 0.1) is 11.4 Å². The fraction of sp³-hybridized carbons (Fsp3) is 0.176. The molecule has 0 aliphatic rings. The Balaban J connectivity index is 2.25. The van der Waals surface area contributed by atoms with Crippen molar-refractivity contribution in [1.82, 2.24) is 0 Å². The first kappa shape index (κ1) is 13.2. The summed E-state index contributed by atoms with van der Waals surface area (Å²) >= 11 is 0. The number of rotatable bonds is 5. The molecule has 2 N–H and O–H groups in total. The third kappa shape index (κ3) is 2.97. The van der Waals surface area contributed by atoms with E-state index in [0.717, 1.165) is 17.5 Å². The Kier molecular flexibility index (Phi) is 4.24. The highest BCUT2D eigenvalue weighted by Gasteiger charge is 2.19. The molecule has 1 unspecified atom stereocenters. The Morgan fingerprint density at radius 1 is 0.895 bits per heavy atom. The van der Waals surface area contributed by atoms with E-state index in [-0.39, 0.29) is 5.92 Å². The predicted octanol–water partition coefficient (Wildman–Crippen LogP) is 4.27. The maximum atomic E-state index is 8.30. The van der Waals surface area contributed by atoms with Gasteiger partial charge in [0.2, 0.25) is 0 Å². The van der Waals surface area contributed by atoms with Crippen LogP contribution < -0.4 is 0 Å². The van der Waals surface area contributed by atoms with Gasteiger partial charge in [0.25, 0.3) is 0 Å². The SMILES string of the molecule is CCC(C(=N)C(=N)c1ccccc1)c1ccccc1. The minimum Gasteiger partial charge on any atom is -0.302 e. The van der Waals surface area contributed by atoms with E-state index in [1.165, 1.54) is 0 Å². The summed E-state index contributed by atoms with van der Waals surface area (Å²) in [5.74, 6) is -0.00564. The lowest BCUT2D eigenvalue weighted by atomic mass is 9.87. The maximum Gasteiger partial charge on any atom is 0.0826 e. The summed E-state index contributed by atoms with van der Waals surface area (Å²) in [6, 6.07) is 19.5.